The first-order chi connectivity index (χ1) is 15.9. The number of thioether (sulfide) groups is 1. The molecule has 0 unspecified atom stereocenters. The van der Waals surface area contributed by atoms with Gasteiger partial charge in [0, 0.05) is 12.1 Å². The number of carbonyl (C=O) groups excluding carboxylic acids is 3. The molecule has 0 saturated carbocycles. The number of benzene rings is 2. The molecule has 34 heavy (non-hydrogen) atoms. The van der Waals surface area contributed by atoms with Gasteiger partial charge in [-0.3, -0.25) is 29.4 Å². The molecule has 0 spiro atoms. The van der Waals surface area contributed by atoms with Crippen LogP contribution in [0.3, 0.4) is 0 Å². The number of nitro benzene ring substituents is 1. The van der Waals surface area contributed by atoms with E-state index in [9.17, 15) is 32.9 Å². The number of hydrogen-bond donors (Lipinski definition) is 1. The number of rotatable bonds is 8. The van der Waals surface area contributed by atoms with E-state index in [1.165, 1.54) is 25.3 Å². The highest BCUT2D eigenvalue weighted by atomic mass is 127. The van der Waals surface area contributed by atoms with Gasteiger partial charge < -0.3 is 14.7 Å². The van der Waals surface area contributed by atoms with E-state index in [2.05, 4.69) is 0 Å². The Balaban J connectivity index is 1.91. The molecule has 0 aliphatic carbocycles. The van der Waals surface area contributed by atoms with Gasteiger partial charge in [-0.2, -0.15) is 8.42 Å². The molecule has 1 aliphatic rings. The molecule has 3 rings (SSSR count). The van der Waals surface area contributed by atoms with Gasteiger partial charge >= 0.3 is 10.1 Å². The van der Waals surface area contributed by atoms with Crippen molar-refractivity contribution in [2.24, 2.45) is 5.73 Å². The molecule has 0 bridgehead atoms. The molecule has 1 saturated heterocycles. The molecular weight excluding hydrogens is 605 g/mol. The largest absolute Gasteiger partial charge is 0.493 e. The van der Waals surface area contributed by atoms with Crippen molar-refractivity contribution >= 4 is 73.3 Å². The zero-order valence-corrected chi connectivity index (χ0v) is 20.9. The molecule has 0 radical (unpaired) electrons. The molecule has 1 heterocycles. The first-order valence-corrected chi connectivity index (χ1v) is 12.3. The summed E-state index contributed by atoms with van der Waals surface area (Å²) in [6.45, 7) is -0.545. The lowest BCUT2D eigenvalue weighted by atomic mass is 10.2. The second-order valence-corrected chi connectivity index (χ2v) is 10.3. The van der Waals surface area contributed by atoms with Crippen LogP contribution >= 0.6 is 34.4 Å². The van der Waals surface area contributed by atoms with Crippen LogP contribution in [-0.4, -0.2) is 48.9 Å². The molecule has 2 aromatic carbocycles. The molecule has 2 N–H and O–H groups in total. The number of nitrogens with two attached hydrogens (primary N) is 1. The molecule has 12 nitrogen and oxygen atoms in total. The third kappa shape index (κ3) is 5.48. The van der Waals surface area contributed by atoms with Crippen LogP contribution in [0.2, 0.25) is 0 Å². The monoisotopic (exact) mass is 619 g/mol. The number of hydrogen-bond acceptors (Lipinski definition) is 10. The molecule has 1 aliphatic heterocycles. The van der Waals surface area contributed by atoms with Gasteiger partial charge in [-0.15, -0.1) is 0 Å². The smallest absolute Gasteiger partial charge is 0.339 e. The van der Waals surface area contributed by atoms with Crippen LogP contribution in [0.1, 0.15) is 5.56 Å². The zero-order valence-electron chi connectivity index (χ0n) is 17.1. The summed E-state index contributed by atoms with van der Waals surface area (Å²) in [4.78, 5) is 46.0. The quantitative estimate of drug-likeness (QED) is 0.152. The number of halogens is 1. The van der Waals surface area contributed by atoms with Gasteiger partial charge in [-0.1, -0.05) is 0 Å². The average Bonchev–Trinajstić information content (AvgIpc) is 3.02. The maximum Gasteiger partial charge on any atom is 0.339 e. The number of ether oxygens (including phenoxy) is 1. The van der Waals surface area contributed by atoms with Crippen LogP contribution in [0.15, 0.2) is 46.2 Å². The number of imide groups is 1. The summed E-state index contributed by atoms with van der Waals surface area (Å²) in [7, 11) is -3.08. The molecule has 3 amide bonds. The summed E-state index contributed by atoms with van der Waals surface area (Å²) in [5.41, 5.74) is 5.17. The fourth-order valence-electron chi connectivity index (χ4n) is 2.74. The van der Waals surface area contributed by atoms with Crippen LogP contribution in [0.4, 0.5) is 10.5 Å². The minimum absolute atomic E-state index is 0.0139. The number of nitro groups is 1. The van der Waals surface area contributed by atoms with Crippen LogP contribution in [0.5, 0.6) is 11.5 Å². The lowest BCUT2D eigenvalue weighted by Crippen LogP contribution is -2.36. The Labute approximate surface area is 210 Å². The van der Waals surface area contributed by atoms with Crippen LogP contribution in [0.25, 0.3) is 6.08 Å². The van der Waals surface area contributed by atoms with Crippen molar-refractivity contribution in [2.45, 2.75) is 4.90 Å². The second kappa shape index (κ2) is 9.98. The van der Waals surface area contributed by atoms with E-state index in [1.54, 1.807) is 22.6 Å². The predicted molar refractivity (Wildman–Crippen MR) is 128 cm³/mol. The van der Waals surface area contributed by atoms with E-state index in [4.69, 9.17) is 14.7 Å². The maximum absolute atomic E-state index is 12.7. The van der Waals surface area contributed by atoms with E-state index >= 15 is 0 Å². The Bertz CT molecular complexity index is 1340. The normalized spacial score (nSPS) is 15.0. The number of methoxy groups -OCH3 is 1. The van der Waals surface area contributed by atoms with E-state index in [-0.39, 0.29) is 27.0 Å². The number of primary amides is 1. The zero-order chi connectivity index (χ0) is 25.2. The van der Waals surface area contributed by atoms with Crippen molar-refractivity contribution in [1.29, 1.82) is 0 Å². The second-order valence-electron chi connectivity index (χ2n) is 6.56. The lowest BCUT2D eigenvalue weighted by Gasteiger charge is -2.13. The number of carbonyl (C=O) groups is 3. The minimum atomic E-state index is -4.36. The first-order valence-electron chi connectivity index (χ1n) is 9.03. The van der Waals surface area contributed by atoms with E-state index in [0.717, 1.165) is 29.2 Å². The number of nitrogens with zero attached hydrogens (tertiary/aromatic N) is 2. The summed E-state index contributed by atoms with van der Waals surface area (Å²) in [5, 5.41) is 10.1. The van der Waals surface area contributed by atoms with Gasteiger partial charge in [0.2, 0.25) is 5.91 Å². The topological polar surface area (TPSA) is 176 Å². The highest BCUT2D eigenvalue weighted by Crippen LogP contribution is 2.38. The minimum Gasteiger partial charge on any atom is -0.493 e. The molecule has 0 aromatic heterocycles. The fraction of sp³-hybridized carbons (Fsp3) is 0.105. The highest BCUT2D eigenvalue weighted by molar-refractivity contribution is 14.1. The third-order valence-electron chi connectivity index (χ3n) is 4.27. The molecule has 15 heteroatoms. The summed E-state index contributed by atoms with van der Waals surface area (Å²) < 4.78 is 36.1. The molecule has 1 fully saturated rings. The van der Waals surface area contributed by atoms with Crippen molar-refractivity contribution in [3.05, 3.63) is 60.6 Å². The Morgan fingerprint density at radius 1 is 1.26 bits per heavy atom. The summed E-state index contributed by atoms with van der Waals surface area (Å²) in [6, 6.07) is 7.04. The first kappa shape index (κ1) is 25.4. The average molecular weight is 619 g/mol. The summed E-state index contributed by atoms with van der Waals surface area (Å²) >= 11 is 2.43. The van der Waals surface area contributed by atoms with Crippen molar-refractivity contribution in [3.63, 3.8) is 0 Å². The van der Waals surface area contributed by atoms with Crippen LogP contribution < -0.4 is 14.7 Å². The summed E-state index contributed by atoms with van der Waals surface area (Å²) in [6.07, 6.45) is 1.38. The third-order valence-corrected chi connectivity index (χ3v) is 7.21. The SMILES string of the molecule is COc1cc(/C=C2\SC(=O)N(CC(N)=O)C2=O)cc(I)c1OS(=O)(=O)c1ccc([N+](=O)[O-])cc1. The van der Waals surface area contributed by atoms with Gasteiger partial charge in [0.25, 0.3) is 16.8 Å². The Hall–Kier alpha value is -3.18. The lowest BCUT2D eigenvalue weighted by molar-refractivity contribution is -0.384. The van der Waals surface area contributed by atoms with Gasteiger partial charge in [0.05, 0.1) is 20.5 Å². The van der Waals surface area contributed by atoms with Crippen molar-refractivity contribution in [2.75, 3.05) is 13.7 Å². The summed E-state index contributed by atoms with van der Waals surface area (Å²) in [5.74, 6) is -1.65. The van der Waals surface area contributed by atoms with Crippen molar-refractivity contribution in [3.8, 4) is 11.5 Å². The van der Waals surface area contributed by atoms with E-state index in [1.807, 2.05) is 0 Å². The van der Waals surface area contributed by atoms with E-state index in [0.29, 0.717) is 20.9 Å². The van der Waals surface area contributed by atoms with Crippen molar-refractivity contribution in [1.82, 2.24) is 4.90 Å². The molecule has 178 valence electrons. The van der Waals surface area contributed by atoms with Gasteiger partial charge in [0.1, 0.15) is 11.4 Å². The highest BCUT2D eigenvalue weighted by Gasteiger charge is 2.36. The van der Waals surface area contributed by atoms with Gasteiger partial charge in [-0.05, 0) is 70.3 Å². The predicted octanol–water partition coefficient (Wildman–Crippen LogP) is 2.50. The van der Waals surface area contributed by atoms with E-state index < -0.39 is 38.6 Å². The van der Waals surface area contributed by atoms with Crippen LogP contribution in [0, 0.1) is 13.7 Å². The van der Waals surface area contributed by atoms with Crippen LogP contribution in [-0.2, 0) is 19.7 Å². The maximum atomic E-state index is 12.7. The Morgan fingerprint density at radius 3 is 2.47 bits per heavy atom. The Morgan fingerprint density at radius 2 is 1.91 bits per heavy atom. The van der Waals surface area contributed by atoms with Gasteiger partial charge in [-0.25, -0.2) is 0 Å². The van der Waals surface area contributed by atoms with Gasteiger partial charge in [0.15, 0.2) is 11.5 Å². The molecular formula is C19H14IN3O9S2. The standard InChI is InChI=1S/C19H14IN3O9S2/c1-31-14-7-10(8-15-18(25)22(9-16(21)24)19(26)33-15)6-13(20)17(14)32-34(29,30)12-4-2-11(3-5-12)23(27)28/h2-8H,9H2,1H3,(H2,21,24)/b15-8-. The van der Waals surface area contributed by atoms with Crippen molar-refractivity contribution < 1.29 is 36.6 Å². The Kier molecular flexibility index (Phi) is 7.47. The number of non-ortho nitro benzene ring substituents is 1. The number of amides is 3. The molecule has 0 atom stereocenters. The fourth-order valence-corrected chi connectivity index (χ4v) is 5.42. The molecule has 2 aromatic rings.